The summed E-state index contributed by atoms with van der Waals surface area (Å²) in [5.74, 6) is 1.45. The van der Waals surface area contributed by atoms with Crippen LogP contribution in [-0.4, -0.2) is 38.1 Å². The number of nitrogens with one attached hydrogen (secondary N) is 1. The quantitative estimate of drug-likeness (QED) is 0.722. The highest BCUT2D eigenvalue weighted by molar-refractivity contribution is 5.76. The van der Waals surface area contributed by atoms with Crippen LogP contribution in [0.4, 0.5) is 0 Å². The standard InChI is InChI=1S/C25H34N2O2/c1-4-19-7-9-20(10-8-19)11-16-24(28)26-18-22-6-5-17-27(2)25(22)21-12-14-23(29-3)15-13-21/h7-10,12-15,22,25H,4-6,11,16-18H2,1-3H3,(H,26,28). The number of hydrogen-bond acceptors (Lipinski definition) is 3. The van der Waals surface area contributed by atoms with Crippen molar-refractivity contribution in [2.75, 3.05) is 27.2 Å². The molecule has 0 aliphatic carbocycles. The molecule has 0 bridgehead atoms. The molecule has 0 spiro atoms. The van der Waals surface area contributed by atoms with Crippen LogP contribution >= 0.6 is 0 Å². The van der Waals surface area contributed by atoms with Crippen LogP contribution in [0.1, 0.15) is 48.9 Å². The fraction of sp³-hybridized carbons (Fsp3) is 0.480. The van der Waals surface area contributed by atoms with Gasteiger partial charge < -0.3 is 10.1 Å². The molecule has 1 heterocycles. The molecular formula is C25H34N2O2. The monoisotopic (exact) mass is 394 g/mol. The van der Waals surface area contributed by atoms with E-state index in [0.29, 0.717) is 18.4 Å². The number of hydrogen-bond donors (Lipinski definition) is 1. The fourth-order valence-corrected chi connectivity index (χ4v) is 4.33. The van der Waals surface area contributed by atoms with Crippen LogP contribution in [0.15, 0.2) is 48.5 Å². The van der Waals surface area contributed by atoms with Crippen molar-refractivity contribution in [3.05, 3.63) is 65.2 Å². The van der Waals surface area contributed by atoms with E-state index in [1.54, 1.807) is 7.11 Å². The van der Waals surface area contributed by atoms with Gasteiger partial charge >= 0.3 is 0 Å². The second-order valence-corrected chi connectivity index (χ2v) is 8.08. The minimum Gasteiger partial charge on any atom is -0.497 e. The molecule has 1 aliphatic heterocycles. The molecule has 2 unspecified atom stereocenters. The number of nitrogens with zero attached hydrogens (tertiary/aromatic N) is 1. The van der Waals surface area contributed by atoms with Crippen LogP contribution < -0.4 is 10.1 Å². The zero-order valence-corrected chi connectivity index (χ0v) is 18.0. The van der Waals surface area contributed by atoms with Crippen molar-refractivity contribution in [1.82, 2.24) is 10.2 Å². The van der Waals surface area contributed by atoms with Gasteiger partial charge in [-0.25, -0.2) is 0 Å². The maximum Gasteiger partial charge on any atom is 0.220 e. The van der Waals surface area contributed by atoms with Crippen molar-refractivity contribution in [1.29, 1.82) is 0 Å². The highest BCUT2D eigenvalue weighted by atomic mass is 16.5. The van der Waals surface area contributed by atoms with Crippen LogP contribution in [0.2, 0.25) is 0 Å². The van der Waals surface area contributed by atoms with Gasteiger partial charge in [0.1, 0.15) is 5.75 Å². The maximum atomic E-state index is 12.4. The average Bonchev–Trinajstić information content (AvgIpc) is 2.76. The van der Waals surface area contributed by atoms with E-state index in [4.69, 9.17) is 4.74 Å². The van der Waals surface area contributed by atoms with Crippen LogP contribution in [0, 0.1) is 5.92 Å². The van der Waals surface area contributed by atoms with Gasteiger partial charge in [0.2, 0.25) is 5.91 Å². The van der Waals surface area contributed by atoms with Gasteiger partial charge in [0.25, 0.3) is 0 Å². The third-order valence-electron chi connectivity index (χ3n) is 6.10. The lowest BCUT2D eigenvalue weighted by Gasteiger charge is -2.39. The first-order chi connectivity index (χ1) is 14.1. The summed E-state index contributed by atoms with van der Waals surface area (Å²) in [5, 5.41) is 3.20. The Hall–Kier alpha value is -2.33. The Morgan fingerprint density at radius 1 is 1.10 bits per heavy atom. The second kappa shape index (κ2) is 10.4. The molecule has 156 valence electrons. The summed E-state index contributed by atoms with van der Waals surface area (Å²) >= 11 is 0. The van der Waals surface area contributed by atoms with Gasteiger partial charge in [0.05, 0.1) is 7.11 Å². The van der Waals surface area contributed by atoms with Gasteiger partial charge in [-0.3, -0.25) is 9.69 Å². The Bertz CT molecular complexity index is 770. The SMILES string of the molecule is CCc1ccc(CCC(=O)NCC2CCCN(C)C2c2ccc(OC)cc2)cc1. The van der Waals surface area contributed by atoms with Gasteiger partial charge in [-0.15, -0.1) is 0 Å². The molecule has 4 nitrogen and oxygen atoms in total. The van der Waals surface area contributed by atoms with Crippen LogP contribution in [-0.2, 0) is 17.6 Å². The predicted octanol–water partition coefficient (Wildman–Crippen LogP) is 4.39. The Morgan fingerprint density at radius 2 is 1.79 bits per heavy atom. The number of benzene rings is 2. The third-order valence-corrected chi connectivity index (χ3v) is 6.10. The summed E-state index contributed by atoms with van der Waals surface area (Å²) in [5.41, 5.74) is 3.86. The first-order valence-electron chi connectivity index (χ1n) is 10.8. The lowest BCUT2D eigenvalue weighted by molar-refractivity contribution is -0.121. The molecule has 0 radical (unpaired) electrons. The minimum atomic E-state index is 0.145. The lowest BCUT2D eigenvalue weighted by Crippen LogP contribution is -2.41. The van der Waals surface area contributed by atoms with E-state index in [1.807, 2.05) is 12.1 Å². The number of rotatable bonds is 8. The first-order valence-corrected chi connectivity index (χ1v) is 10.8. The van der Waals surface area contributed by atoms with Crippen molar-refractivity contribution in [2.24, 2.45) is 5.92 Å². The van der Waals surface area contributed by atoms with Crippen molar-refractivity contribution in [2.45, 2.75) is 45.1 Å². The number of methoxy groups -OCH3 is 1. The topological polar surface area (TPSA) is 41.6 Å². The highest BCUT2D eigenvalue weighted by Crippen LogP contribution is 2.35. The molecule has 4 heteroatoms. The normalized spacial score (nSPS) is 19.7. The number of carbonyl (C=O) groups excluding carboxylic acids is 1. The number of ether oxygens (including phenoxy) is 1. The summed E-state index contributed by atoms with van der Waals surface area (Å²) in [4.78, 5) is 14.9. The van der Waals surface area contributed by atoms with Crippen LogP contribution in [0.25, 0.3) is 0 Å². The number of amides is 1. The van der Waals surface area contributed by atoms with Crippen molar-refractivity contribution < 1.29 is 9.53 Å². The molecule has 0 aromatic heterocycles. The molecule has 3 rings (SSSR count). The van der Waals surface area contributed by atoms with Gasteiger partial charge in [0, 0.05) is 19.0 Å². The predicted molar refractivity (Wildman–Crippen MR) is 118 cm³/mol. The van der Waals surface area contributed by atoms with Gasteiger partial charge in [0.15, 0.2) is 0 Å². The largest absolute Gasteiger partial charge is 0.497 e. The van der Waals surface area contributed by atoms with E-state index in [2.05, 4.69) is 60.6 Å². The fourth-order valence-electron chi connectivity index (χ4n) is 4.33. The molecule has 1 N–H and O–H groups in total. The Labute approximate surface area is 175 Å². The smallest absolute Gasteiger partial charge is 0.220 e. The number of piperidine rings is 1. The van der Waals surface area contributed by atoms with E-state index in [-0.39, 0.29) is 5.91 Å². The zero-order chi connectivity index (χ0) is 20.6. The van der Waals surface area contributed by atoms with E-state index >= 15 is 0 Å². The molecular weight excluding hydrogens is 360 g/mol. The maximum absolute atomic E-state index is 12.4. The first kappa shape index (κ1) is 21.4. The molecule has 1 saturated heterocycles. The molecule has 1 fully saturated rings. The van der Waals surface area contributed by atoms with Crippen LogP contribution in [0.3, 0.4) is 0 Å². The van der Waals surface area contributed by atoms with Crippen molar-refractivity contribution in [3.63, 3.8) is 0 Å². The third kappa shape index (κ3) is 5.83. The van der Waals surface area contributed by atoms with Gasteiger partial charge in [-0.05, 0) is 74.0 Å². The molecule has 1 amide bonds. The van der Waals surface area contributed by atoms with E-state index in [9.17, 15) is 4.79 Å². The summed E-state index contributed by atoms with van der Waals surface area (Å²) in [6.45, 7) is 3.98. The Kier molecular flexibility index (Phi) is 7.70. The Balaban J connectivity index is 1.54. The van der Waals surface area contributed by atoms with Crippen molar-refractivity contribution in [3.8, 4) is 5.75 Å². The molecule has 2 atom stereocenters. The Morgan fingerprint density at radius 3 is 2.45 bits per heavy atom. The lowest BCUT2D eigenvalue weighted by atomic mass is 9.85. The molecule has 2 aromatic carbocycles. The summed E-state index contributed by atoms with van der Waals surface area (Å²) in [7, 11) is 3.88. The van der Waals surface area contributed by atoms with Crippen LogP contribution in [0.5, 0.6) is 5.75 Å². The number of carbonyl (C=O) groups is 1. The summed E-state index contributed by atoms with van der Waals surface area (Å²) < 4.78 is 5.29. The van der Waals surface area contributed by atoms with E-state index in [0.717, 1.165) is 38.1 Å². The molecule has 0 saturated carbocycles. The van der Waals surface area contributed by atoms with Gasteiger partial charge in [-0.1, -0.05) is 43.3 Å². The molecule has 1 aliphatic rings. The van der Waals surface area contributed by atoms with E-state index < -0.39 is 0 Å². The minimum absolute atomic E-state index is 0.145. The molecule has 29 heavy (non-hydrogen) atoms. The highest BCUT2D eigenvalue weighted by Gasteiger charge is 2.30. The number of likely N-dealkylation sites (tertiary alicyclic amines) is 1. The number of aryl methyl sites for hydroxylation is 2. The second-order valence-electron chi connectivity index (χ2n) is 8.08. The van der Waals surface area contributed by atoms with Gasteiger partial charge in [-0.2, -0.15) is 0 Å². The molecule has 2 aromatic rings. The summed E-state index contributed by atoms with van der Waals surface area (Å²) in [6, 6.07) is 17.3. The van der Waals surface area contributed by atoms with Crippen molar-refractivity contribution >= 4 is 5.91 Å². The van der Waals surface area contributed by atoms with E-state index in [1.165, 1.54) is 23.1 Å². The average molecular weight is 395 g/mol. The summed E-state index contributed by atoms with van der Waals surface area (Å²) in [6.07, 6.45) is 4.70. The zero-order valence-electron chi connectivity index (χ0n) is 18.0.